The van der Waals surface area contributed by atoms with Gasteiger partial charge in [0, 0.05) is 30.1 Å². The van der Waals surface area contributed by atoms with Gasteiger partial charge in [0.05, 0.1) is 23.2 Å². The monoisotopic (exact) mass is 469 g/mol. The molecular weight excluding hydrogens is 448 g/mol. The Kier molecular flexibility index (Phi) is 7.07. The van der Waals surface area contributed by atoms with E-state index in [1.54, 1.807) is 60.9 Å². The van der Waals surface area contributed by atoms with Crippen molar-refractivity contribution in [2.75, 3.05) is 11.9 Å². The number of hydrogen-bond acceptors (Lipinski definition) is 5. The zero-order chi connectivity index (χ0) is 24.8. The normalized spacial score (nSPS) is 11.5. The van der Waals surface area contributed by atoms with E-state index in [1.807, 2.05) is 0 Å². The summed E-state index contributed by atoms with van der Waals surface area (Å²) in [5.74, 6) is -2.90. The molecule has 1 amide bonds. The molecule has 2 aromatic heterocycles. The van der Waals surface area contributed by atoms with Crippen molar-refractivity contribution < 1.29 is 13.6 Å². The number of rotatable bonds is 8. The van der Waals surface area contributed by atoms with E-state index in [9.17, 15) is 18.8 Å². The number of nitrogens with two attached hydrogens (primary N) is 1. The van der Waals surface area contributed by atoms with Gasteiger partial charge in [-0.25, -0.2) is 13.8 Å². The SMILES string of the molecule is N#Cc1ccccc1-c1ccc(C(C(N)=O)c2cccnc2)c(NCCc2cccc(F)c2F)n1. The van der Waals surface area contributed by atoms with Gasteiger partial charge in [0.1, 0.15) is 5.82 Å². The van der Waals surface area contributed by atoms with Crippen LogP contribution < -0.4 is 11.1 Å². The van der Waals surface area contributed by atoms with Crippen molar-refractivity contribution in [3.8, 4) is 17.3 Å². The lowest BCUT2D eigenvalue weighted by atomic mass is 9.91. The first-order valence-corrected chi connectivity index (χ1v) is 10.9. The van der Waals surface area contributed by atoms with Crippen LogP contribution in [0.5, 0.6) is 0 Å². The maximum Gasteiger partial charge on any atom is 0.229 e. The van der Waals surface area contributed by atoms with Gasteiger partial charge >= 0.3 is 0 Å². The highest BCUT2D eigenvalue weighted by molar-refractivity contribution is 5.87. The number of primary amides is 1. The number of benzene rings is 2. The molecule has 1 unspecified atom stereocenters. The van der Waals surface area contributed by atoms with E-state index in [0.717, 1.165) is 6.07 Å². The fourth-order valence-corrected chi connectivity index (χ4v) is 3.90. The van der Waals surface area contributed by atoms with Crippen LogP contribution in [0.25, 0.3) is 11.3 Å². The molecule has 0 bridgehead atoms. The Labute approximate surface area is 201 Å². The summed E-state index contributed by atoms with van der Waals surface area (Å²) in [5.41, 5.74) is 8.65. The standard InChI is InChI=1S/C27H21F2N5O/c28-22-9-3-6-17(25(22)29)12-14-33-27-21(24(26(31)35)19-7-4-13-32-16-19)10-11-23(34-27)20-8-2-1-5-18(20)15-30/h1-11,13,16,24H,12,14H2,(H2,31,35)(H,33,34). The van der Waals surface area contributed by atoms with Crippen LogP contribution in [0.4, 0.5) is 14.6 Å². The average Bonchev–Trinajstić information content (AvgIpc) is 2.88. The molecule has 35 heavy (non-hydrogen) atoms. The maximum atomic E-state index is 14.1. The fraction of sp³-hybridized carbons (Fsp3) is 0.111. The Bertz CT molecular complexity index is 1400. The third-order valence-corrected chi connectivity index (χ3v) is 5.58. The topological polar surface area (TPSA) is 105 Å². The summed E-state index contributed by atoms with van der Waals surface area (Å²) in [6.07, 6.45) is 3.33. The number of nitrogens with zero attached hydrogens (tertiary/aromatic N) is 3. The molecule has 0 fully saturated rings. The summed E-state index contributed by atoms with van der Waals surface area (Å²) < 4.78 is 27.7. The molecule has 0 aliphatic carbocycles. The van der Waals surface area contributed by atoms with Gasteiger partial charge in [-0.15, -0.1) is 0 Å². The molecule has 0 aliphatic heterocycles. The number of hydrogen-bond donors (Lipinski definition) is 2. The van der Waals surface area contributed by atoms with E-state index in [4.69, 9.17) is 10.7 Å². The van der Waals surface area contributed by atoms with E-state index in [-0.39, 0.29) is 18.5 Å². The Hall–Kier alpha value is -4.64. The van der Waals surface area contributed by atoms with Crippen molar-refractivity contribution >= 4 is 11.7 Å². The van der Waals surface area contributed by atoms with Crippen LogP contribution in [0.15, 0.2) is 79.1 Å². The second kappa shape index (κ2) is 10.5. The predicted molar refractivity (Wildman–Crippen MR) is 128 cm³/mol. The maximum absolute atomic E-state index is 14.1. The van der Waals surface area contributed by atoms with Crippen LogP contribution in [0, 0.1) is 23.0 Å². The molecule has 2 heterocycles. The van der Waals surface area contributed by atoms with E-state index < -0.39 is 23.5 Å². The molecule has 4 rings (SSSR count). The number of aromatic nitrogens is 2. The van der Waals surface area contributed by atoms with Gasteiger partial charge in [-0.1, -0.05) is 42.5 Å². The number of halogens is 2. The van der Waals surface area contributed by atoms with Crippen LogP contribution >= 0.6 is 0 Å². The highest BCUT2D eigenvalue weighted by Crippen LogP contribution is 2.32. The van der Waals surface area contributed by atoms with Crippen LogP contribution in [0.1, 0.15) is 28.2 Å². The summed E-state index contributed by atoms with van der Waals surface area (Å²) in [4.78, 5) is 21.3. The fourth-order valence-electron chi connectivity index (χ4n) is 3.90. The summed E-state index contributed by atoms with van der Waals surface area (Å²) in [7, 11) is 0. The first-order valence-electron chi connectivity index (χ1n) is 10.9. The zero-order valence-corrected chi connectivity index (χ0v) is 18.6. The smallest absolute Gasteiger partial charge is 0.229 e. The highest BCUT2D eigenvalue weighted by Gasteiger charge is 2.25. The third-order valence-electron chi connectivity index (χ3n) is 5.58. The summed E-state index contributed by atoms with van der Waals surface area (Å²) in [6, 6.07) is 20.1. The second-order valence-corrected chi connectivity index (χ2v) is 7.80. The minimum absolute atomic E-state index is 0.178. The van der Waals surface area contributed by atoms with E-state index in [2.05, 4.69) is 16.4 Å². The molecular formula is C27H21F2N5O. The molecule has 2 aromatic carbocycles. The van der Waals surface area contributed by atoms with Crippen molar-refractivity contribution in [3.05, 3.63) is 113 Å². The Morgan fingerprint density at radius 3 is 2.63 bits per heavy atom. The molecule has 0 spiro atoms. The molecule has 8 heteroatoms. The van der Waals surface area contributed by atoms with Crippen LogP contribution in [0.3, 0.4) is 0 Å². The van der Waals surface area contributed by atoms with Crippen molar-refractivity contribution in [2.24, 2.45) is 5.73 Å². The zero-order valence-electron chi connectivity index (χ0n) is 18.6. The highest BCUT2D eigenvalue weighted by atomic mass is 19.2. The number of anilines is 1. The lowest BCUT2D eigenvalue weighted by Crippen LogP contribution is -2.24. The summed E-state index contributed by atoms with van der Waals surface area (Å²) >= 11 is 0. The van der Waals surface area contributed by atoms with Crippen molar-refractivity contribution in [1.82, 2.24) is 9.97 Å². The summed E-state index contributed by atoms with van der Waals surface area (Å²) in [6.45, 7) is 0.211. The molecule has 0 saturated carbocycles. The van der Waals surface area contributed by atoms with Gasteiger partial charge in [-0.2, -0.15) is 5.26 Å². The lowest BCUT2D eigenvalue weighted by molar-refractivity contribution is -0.118. The molecule has 174 valence electrons. The number of nitriles is 1. The molecule has 4 aromatic rings. The molecule has 3 N–H and O–H groups in total. The molecule has 6 nitrogen and oxygen atoms in total. The van der Waals surface area contributed by atoms with Crippen molar-refractivity contribution in [3.63, 3.8) is 0 Å². The van der Waals surface area contributed by atoms with E-state index >= 15 is 0 Å². The minimum atomic E-state index is -0.915. The lowest BCUT2D eigenvalue weighted by Gasteiger charge is -2.19. The first-order chi connectivity index (χ1) is 17.0. The molecule has 0 aliphatic rings. The molecule has 0 saturated heterocycles. The number of nitrogens with one attached hydrogen (secondary N) is 1. The van der Waals surface area contributed by atoms with E-state index in [0.29, 0.717) is 33.8 Å². The second-order valence-electron chi connectivity index (χ2n) is 7.80. The van der Waals surface area contributed by atoms with Crippen molar-refractivity contribution in [2.45, 2.75) is 12.3 Å². The third kappa shape index (κ3) is 5.14. The van der Waals surface area contributed by atoms with Crippen LogP contribution in [0.2, 0.25) is 0 Å². The minimum Gasteiger partial charge on any atom is -0.369 e. The van der Waals surface area contributed by atoms with Crippen LogP contribution in [-0.4, -0.2) is 22.4 Å². The number of carbonyl (C=O) groups excluding carboxylic acids is 1. The quantitative estimate of drug-likeness (QED) is 0.394. The van der Waals surface area contributed by atoms with E-state index in [1.165, 1.54) is 12.1 Å². The Morgan fingerprint density at radius 2 is 1.89 bits per heavy atom. The first kappa shape index (κ1) is 23.5. The number of amides is 1. The van der Waals surface area contributed by atoms with Gasteiger partial charge in [0.25, 0.3) is 0 Å². The van der Waals surface area contributed by atoms with Crippen LogP contribution in [-0.2, 0) is 11.2 Å². The van der Waals surface area contributed by atoms with Gasteiger partial charge in [-0.3, -0.25) is 9.78 Å². The Balaban J connectivity index is 1.74. The Morgan fingerprint density at radius 1 is 1.06 bits per heavy atom. The van der Waals surface area contributed by atoms with Crippen molar-refractivity contribution in [1.29, 1.82) is 5.26 Å². The largest absolute Gasteiger partial charge is 0.369 e. The van der Waals surface area contributed by atoms with Gasteiger partial charge in [-0.05, 0) is 41.8 Å². The average molecular weight is 469 g/mol. The number of carbonyl (C=O) groups is 1. The van der Waals surface area contributed by atoms with Gasteiger partial charge < -0.3 is 11.1 Å². The predicted octanol–water partition coefficient (Wildman–Crippen LogP) is 4.57. The molecule has 1 atom stereocenters. The molecule has 0 radical (unpaired) electrons. The van der Waals surface area contributed by atoms with Gasteiger partial charge in [0.15, 0.2) is 11.6 Å². The summed E-state index contributed by atoms with van der Waals surface area (Å²) in [5, 5.41) is 12.7. The number of pyridine rings is 2. The van der Waals surface area contributed by atoms with Gasteiger partial charge in [0.2, 0.25) is 5.91 Å².